The fraction of sp³-hybridized carbons (Fsp3) is 0.200. The Morgan fingerprint density at radius 2 is 1.93 bits per heavy atom. The van der Waals surface area contributed by atoms with Crippen molar-refractivity contribution >= 4 is 29.0 Å². The number of carbonyl (C=O) groups is 1. The normalized spacial score (nSPS) is 11.4. The highest BCUT2D eigenvalue weighted by atomic mass is 32.2. The van der Waals surface area contributed by atoms with Crippen LogP contribution in [-0.4, -0.2) is 10.9 Å². The topological polar surface area (TPSA) is 42.0 Å². The third kappa shape index (κ3) is 5.59. The molecule has 1 amide bonds. The van der Waals surface area contributed by atoms with Crippen molar-refractivity contribution in [3.63, 3.8) is 0 Å². The van der Waals surface area contributed by atoms with Crippen molar-refractivity contribution in [1.29, 1.82) is 0 Å². The molecule has 28 heavy (non-hydrogen) atoms. The lowest BCUT2D eigenvalue weighted by atomic mass is 10.1. The van der Waals surface area contributed by atoms with Crippen molar-refractivity contribution in [1.82, 2.24) is 10.3 Å². The summed E-state index contributed by atoms with van der Waals surface area (Å²) >= 11 is 3.24. The van der Waals surface area contributed by atoms with E-state index in [9.17, 15) is 18.0 Å². The van der Waals surface area contributed by atoms with Crippen LogP contribution in [0, 0.1) is 6.92 Å². The lowest BCUT2D eigenvalue weighted by Gasteiger charge is -2.10. The number of halogens is 3. The van der Waals surface area contributed by atoms with Gasteiger partial charge in [-0.3, -0.25) is 4.79 Å². The third-order valence-corrected chi connectivity index (χ3v) is 5.75. The Morgan fingerprint density at radius 3 is 2.57 bits per heavy atom. The number of hydrogen-bond acceptors (Lipinski definition) is 4. The van der Waals surface area contributed by atoms with Crippen LogP contribution < -0.4 is 5.32 Å². The molecule has 0 aliphatic rings. The number of aromatic nitrogens is 1. The molecule has 1 aromatic heterocycles. The molecule has 3 rings (SSSR count). The van der Waals surface area contributed by atoms with Crippen LogP contribution >= 0.6 is 23.1 Å². The zero-order valence-corrected chi connectivity index (χ0v) is 16.5. The molecule has 0 saturated carbocycles. The summed E-state index contributed by atoms with van der Waals surface area (Å²) in [5.41, 5.74) is 1.15. The average Bonchev–Trinajstić information content (AvgIpc) is 3.10. The fourth-order valence-electron chi connectivity index (χ4n) is 2.48. The van der Waals surface area contributed by atoms with Gasteiger partial charge in [0.2, 0.25) is 0 Å². The number of nitrogens with one attached hydrogen (secondary N) is 1. The van der Waals surface area contributed by atoms with E-state index in [0.717, 1.165) is 33.5 Å². The van der Waals surface area contributed by atoms with Crippen LogP contribution in [-0.2, 0) is 18.5 Å². The predicted molar refractivity (Wildman–Crippen MR) is 105 cm³/mol. The second-order valence-electron chi connectivity index (χ2n) is 6.05. The van der Waals surface area contributed by atoms with Gasteiger partial charge >= 0.3 is 6.18 Å². The van der Waals surface area contributed by atoms with Gasteiger partial charge < -0.3 is 5.32 Å². The molecule has 0 fully saturated rings. The number of thiazole rings is 1. The first-order valence-electron chi connectivity index (χ1n) is 8.39. The second-order valence-corrected chi connectivity index (χ2v) is 8.16. The van der Waals surface area contributed by atoms with E-state index in [2.05, 4.69) is 10.3 Å². The Kier molecular flexibility index (Phi) is 6.41. The summed E-state index contributed by atoms with van der Waals surface area (Å²) in [6.45, 7) is 1.99. The molecule has 0 spiro atoms. The minimum atomic E-state index is -4.40. The molecule has 1 heterocycles. The van der Waals surface area contributed by atoms with Crippen molar-refractivity contribution in [3.05, 3.63) is 81.3 Å². The molecule has 0 unspecified atom stereocenters. The smallest absolute Gasteiger partial charge is 0.348 e. The van der Waals surface area contributed by atoms with Crippen LogP contribution in [0.2, 0.25) is 0 Å². The van der Waals surface area contributed by atoms with Crippen molar-refractivity contribution in [2.24, 2.45) is 0 Å². The fourth-order valence-corrected chi connectivity index (χ4v) is 3.99. The Bertz CT molecular complexity index is 953. The number of aryl methyl sites for hydroxylation is 1. The highest BCUT2D eigenvalue weighted by Gasteiger charge is 2.30. The maximum atomic E-state index is 12.7. The molecule has 1 N–H and O–H groups in total. The molecule has 8 heteroatoms. The van der Waals surface area contributed by atoms with E-state index >= 15 is 0 Å². The molecule has 3 nitrogen and oxygen atoms in total. The summed E-state index contributed by atoms with van der Waals surface area (Å²) in [6, 6.07) is 12.0. The Morgan fingerprint density at radius 1 is 1.18 bits per heavy atom. The van der Waals surface area contributed by atoms with Gasteiger partial charge in [-0.25, -0.2) is 4.98 Å². The average molecular weight is 422 g/mol. The summed E-state index contributed by atoms with van der Waals surface area (Å²) in [5.74, 6) is 0.426. The van der Waals surface area contributed by atoms with E-state index < -0.39 is 11.7 Å². The zero-order chi connectivity index (χ0) is 20.1. The van der Waals surface area contributed by atoms with Gasteiger partial charge in [0, 0.05) is 28.1 Å². The van der Waals surface area contributed by atoms with E-state index in [0.29, 0.717) is 11.1 Å². The third-order valence-electron chi connectivity index (χ3n) is 3.88. The van der Waals surface area contributed by atoms with Gasteiger partial charge in [0.1, 0.15) is 0 Å². The van der Waals surface area contributed by atoms with Gasteiger partial charge in [0.05, 0.1) is 16.3 Å². The molecule has 0 atom stereocenters. The van der Waals surface area contributed by atoms with Crippen LogP contribution in [0.25, 0.3) is 0 Å². The molecule has 0 bridgehead atoms. The standard InChI is InChI=1S/C20H17F3N2OS2/c1-13-25-17(11-27-13)12-28-18-7-5-15(6-8-18)19(26)24-10-14-3-2-4-16(9-14)20(21,22)23/h2-9,11H,10,12H2,1H3,(H,24,26). The van der Waals surface area contributed by atoms with Gasteiger partial charge in [0.25, 0.3) is 5.91 Å². The summed E-state index contributed by atoms with van der Waals surface area (Å²) in [6.07, 6.45) is -4.40. The monoisotopic (exact) mass is 422 g/mol. The molecule has 0 aliphatic carbocycles. The number of amides is 1. The molecule has 146 valence electrons. The molecular formula is C20H17F3N2OS2. The Balaban J connectivity index is 1.54. The van der Waals surface area contributed by atoms with E-state index in [4.69, 9.17) is 0 Å². The molecule has 3 aromatic rings. The van der Waals surface area contributed by atoms with Crippen LogP contribution in [0.4, 0.5) is 13.2 Å². The second kappa shape index (κ2) is 8.79. The SMILES string of the molecule is Cc1nc(CSc2ccc(C(=O)NCc3cccc(C(F)(F)F)c3)cc2)cs1. The summed E-state index contributed by atoms with van der Waals surface area (Å²) in [7, 11) is 0. The van der Waals surface area contributed by atoms with E-state index in [1.165, 1.54) is 6.07 Å². The van der Waals surface area contributed by atoms with Crippen LogP contribution in [0.5, 0.6) is 0 Å². The number of hydrogen-bond donors (Lipinski definition) is 1. The maximum absolute atomic E-state index is 12.7. The summed E-state index contributed by atoms with van der Waals surface area (Å²) in [5, 5.41) is 5.71. The van der Waals surface area contributed by atoms with Crippen molar-refractivity contribution in [2.45, 2.75) is 30.3 Å². The Hall–Kier alpha value is -2.32. The van der Waals surface area contributed by atoms with Gasteiger partial charge in [-0.2, -0.15) is 13.2 Å². The minimum absolute atomic E-state index is 0.0302. The van der Waals surface area contributed by atoms with E-state index in [1.54, 1.807) is 41.3 Å². The van der Waals surface area contributed by atoms with Crippen molar-refractivity contribution in [2.75, 3.05) is 0 Å². The number of carbonyl (C=O) groups excluding carboxylic acids is 1. The number of alkyl halides is 3. The summed E-state index contributed by atoms with van der Waals surface area (Å²) in [4.78, 5) is 17.7. The largest absolute Gasteiger partial charge is 0.416 e. The lowest BCUT2D eigenvalue weighted by Crippen LogP contribution is -2.22. The number of benzene rings is 2. The molecule has 0 saturated heterocycles. The quantitative estimate of drug-likeness (QED) is 0.519. The minimum Gasteiger partial charge on any atom is -0.348 e. The summed E-state index contributed by atoms with van der Waals surface area (Å²) < 4.78 is 38.2. The van der Waals surface area contributed by atoms with Crippen LogP contribution in [0.15, 0.2) is 58.8 Å². The maximum Gasteiger partial charge on any atom is 0.416 e. The zero-order valence-electron chi connectivity index (χ0n) is 14.9. The number of nitrogens with zero attached hydrogens (tertiary/aromatic N) is 1. The van der Waals surface area contributed by atoms with Crippen LogP contribution in [0.3, 0.4) is 0 Å². The van der Waals surface area contributed by atoms with Gasteiger partial charge in [0.15, 0.2) is 0 Å². The van der Waals surface area contributed by atoms with E-state index in [-0.39, 0.29) is 12.5 Å². The van der Waals surface area contributed by atoms with E-state index in [1.807, 2.05) is 24.4 Å². The van der Waals surface area contributed by atoms with Crippen LogP contribution in [0.1, 0.15) is 32.2 Å². The highest BCUT2D eigenvalue weighted by Crippen LogP contribution is 2.29. The van der Waals surface area contributed by atoms with Gasteiger partial charge in [-0.1, -0.05) is 12.1 Å². The number of thioether (sulfide) groups is 1. The first kappa shape index (κ1) is 20.4. The predicted octanol–water partition coefficient (Wildman–Crippen LogP) is 5.69. The first-order valence-corrected chi connectivity index (χ1v) is 10.3. The molecule has 0 aliphatic heterocycles. The van der Waals surface area contributed by atoms with Crippen molar-refractivity contribution < 1.29 is 18.0 Å². The van der Waals surface area contributed by atoms with Gasteiger partial charge in [-0.05, 0) is 48.9 Å². The molecule has 0 radical (unpaired) electrons. The molecular weight excluding hydrogens is 405 g/mol. The lowest BCUT2D eigenvalue weighted by molar-refractivity contribution is -0.137. The molecule has 2 aromatic carbocycles. The van der Waals surface area contributed by atoms with Gasteiger partial charge in [-0.15, -0.1) is 23.1 Å². The number of rotatable bonds is 6. The first-order chi connectivity index (χ1) is 13.3. The van der Waals surface area contributed by atoms with Crippen molar-refractivity contribution in [3.8, 4) is 0 Å². The Labute approximate surface area is 169 Å². The highest BCUT2D eigenvalue weighted by molar-refractivity contribution is 7.98.